The lowest BCUT2D eigenvalue weighted by atomic mass is 9.79. The fraction of sp³-hybridized carbons (Fsp3) is 0.700. The molecule has 1 aromatic rings. The van der Waals surface area contributed by atoms with Gasteiger partial charge in [0.05, 0.1) is 6.61 Å². The molecule has 2 rings (SSSR count). The summed E-state index contributed by atoms with van der Waals surface area (Å²) in [5.41, 5.74) is 5.68. The van der Waals surface area contributed by atoms with Gasteiger partial charge in [-0.3, -0.25) is 0 Å². The molecule has 0 bridgehead atoms. The van der Waals surface area contributed by atoms with Crippen molar-refractivity contribution in [2.24, 2.45) is 0 Å². The van der Waals surface area contributed by atoms with Crippen molar-refractivity contribution < 1.29 is 4.74 Å². The molecular weight excluding hydrogens is 206 g/mol. The van der Waals surface area contributed by atoms with Crippen molar-refractivity contribution in [3.63, 3.8) is 0 Å². The highest BCUT2D eigenvalue weighted by atomic mass is 16.5. The number of hydrogen-bond donors (Lipinski definition) is 2. The summed E-state index contributed by atoms with van der Waals surface area (Å²) in [5.74, 6) is 0.682. The molecule has 1 heterocycles. The van der Waals surface area contributed by atoms with E-state index in [4.69, 9.17) is 10.5 Å². The predicted molar refractivity (Wildman–Crippen MR) is 61.3 cm³/mol. The van der Waals surface area contributed by atoms with Crippen LogP contribution in [-0.2, 0) is 0 Å². The van der Waals surface area contributed by atoms with E-state index < -0.39 is 0 Å². The molecule has 1 aliphatic carbocycles. The standard InChI is InChI=1S/C10H17N5O/c1-3-16-9-13-7(11)12-8(14-9)15-10(2)5-4-6-10/h3-6H2,1-2H3,(H3,11,12,13,14,15). The lowest BCUT2D eigenvalue weighted by Crippen LogP contribution is -2.42. The minimum Gasteiger partial charge on any atom is -0.464 e. The molecule has 1 fully saturated rings. The molecule has 0 unspecified atom stereocenters. The van der Waals surface area contributed by atoms with Crippen molar-refractivity contribution in [3.8, 4) is 6.01 Å². The summed E-state index contributed by atoms with van der Waals surface area (Å²) in [6.07, 6.45) is 3.49. The smallest absolute Gasteiger partial charge is 0.323 e. The van der Waals surface area contributed by atoms with Crippen LogP contribution in [0.2, 0.25) is 0 Å². The molecule has 0 spiro atoms. The Hall–Kier alpha value is -1.59. The number of anilines is 2. The van der Waals surface area contributed by atoms with Gasteiger partial charge in [0, 0.05) is 5.54 Å². The van der Waals surface area contributed by atoms with Gasteiger partial charge in [0.1, 0.15) is 0 Å². The van der Waals surface area contributed by atoms with Crippen LogP contribution in [0.25, 0.3) is 0 Å². The van der Waals surface area contributed by atoms with Gasteiger partial charge in [-0.1, -0.05) is 0 Å². The third kappa shape index (κ3) is 2.32. The highest BCUT2D eigenvalue weighted by molar-refractivity contribution is 5.36. The second-order valence-corrected chi connectivity index (χ2v) is 4.27. The third-order valence-electron chi connectivity index (χ3n) is 2.78. The molecule has 0 atom stereocenters. The van der Waals surface area contributed by atoms with Crippen LogP contribution in [-0.4, -0.2) is 27.1 Å². The molecule has 0 saturated heterocycles. The molecular formula is C10H17N5O. The summed E-state index contributed by atoms with van der Waals surface area (Å²) >= 11 is 0. The number of nitrogens with one attached hydrogen (secondary N) is 1. The van der Waals surface area contributed by atoms with E-state index in [-0.39, 0.29) is 17.5 Å². The zero-order valence-corrected chi connectivity index (χ0v) is 9.66. The van der Waals surface area contributed by atoms with Crippen molar-refractivity contribution in [1.82, 2.24) is 15.0 Å². The van der Waals surface area contributed by atoms with Crippen LogP contribution in [0.4, 0.5) is 11.9 Å². The van der Waals surface area contributed by atoms with Crippen molar-refractivity contribution in [1.29, 1.82) is 0 Å². The fourth-order valence-electron chi connectivity index (χ4n) is 1.72. The number of rotatable bonds is 4. The lowest BCUT2D eigenvalue weighted by Gasteiger charge is -2.39. The van der Waals surface area contributed by atoms with Gasteiger partial charge >= 0.3 is 6.01 Å². The molecule has 1 aliphatic rings. The fourth-order valence-corrected chi connectivity index (χ4v) is 1.72. The summed E-state index contributed by atoms with van der Waals surface area (Å²) in [4.78, 5) is 12.1. The van der Waals surface area contributed by atoms with Gasteiger partial charge in [-0.2, -0.15) is 15.0 Å². The first-order chi connectivity index (χ1) is 7.61. The minimum absolute atomic E-state index is 0.0945. The van der Waals surface area contributed by atoms with Gasteiger partial charge in [-0.05, 0) is 33.1 Å². The summed E-state index contributed by atoms with van der Waals surface area (Å²) in [6, 6.07) is 0.278. The number of nitrogen functional groups attached to an aromatic ring is 1. The van der Waals surface area contributed by atoms with E-state index in [0.29, 0.717) is 12.6 Å². The molecule has 6 heteroatoms. The largest absolute Gasteiger partial charge is 0.464 e. The monoisotopic (exact) mass is 223 g/mol. The summed E-state index contributed by atoms with van der Waals surface area (Å²) < 4.78 is 5.21. The van der Waals surface area contributed by atoms with Gasteiger partial charge in [0.15, 0.2) is 0 Å². The van der Waals surface area contributed by atoms with Crippen molar-refractivity contribution in [2.45, 2.75) is 38.6 Å². The Balaban J connectivity index is 2.13. The van der Waals surface area contributed by atoms with E-state index in [0.717, 1.165) is 12.8 Å². The summed E-state index contributed by atoms with van der Waals surface area (Å²) in [5, 5.41) is 3.27. The van der Waals surface area contributed by atoms with Gasteiger partial charge in [0.2, 0.25) is 11.9 Å². The van der Waals surface area contributed by atoms with Gasteiger partial charge in [-0.25, -0.2) is 0 Å². The Labute approximate surface area is 94.6 Å². The number of ether oxygens (including phenoxy) is 1. The molecule has 0 aromatic carbocycles. The quantitative estimate of drug-likeness (QED) is 0.797. The highest BCUT2D eigenvalue weighted by Crippen LogP contribution is 2.33. The average Bonchev–Trinajstić information content (AvgIpc) is 2.14. The van der Waals surface area contributed by atoms with E-state index in [1.165, 1.54) is 6.42 Å². The van der Waals surface area contributed by atoms with Crippen LogP contribution in [0.3, 0.4) is 0 Å². The second-order valence-electron chi connectivity index (χ2n) is 4.27. The molecule has 0 radical (unpaired) electrons. The van der Waals surface area contributed by atoms with Crippen LogP contribution in [0.1, 0.15) is 33.1 Å². The maximum Gasteiger partial charge on any atom is 0.323 e. The van der Waals surface area contributed by atoms with Crippen LogP contribution >= 0.6 is 0 Å². The number of aromatic nitrogens is 3. The highest BCUT2D eigenvalue weighted by Gasteiger charge is 2.32. The van der Waals surface area contributed by atoms with E-state index in [2.05, 4.69) is 27.2 Å². The molecule has 6 nitrogen and oxygen atoms in total. The Morgan fingerprint density at radius 1 is 1.38 bits per heavy atom. The molecule has 1 aromatic heterocycles. The maximum absolute atomic E-state index is 5.59. The molecule has 16 heavy (non-hydrogen) atoms. The SMILES string of the molecule is CCOc1nc(N)nc(NC2(C)CCC2)n1. The Morgan fingerprint density at radius 3 is 2.69 bits per heavy atom. The third-order valence-corrected chi connectivity index (χ3v) is 2.78. The van der Waals surface area contributed by atoms with Crippen LogP contribution < -0.4 is 15.8 Å². The summed E-state index contributed by atoms with van der Waals surface area (Å²) in [6.45, 7) is 4.54. The zero-order chi connectivity index (χ0) is 11.6. The van der Waals surface area contributed by atoms with E-state index >= 15 is 0 Å². The van der Waals surface area contributed by atoms with E-state index in [1.807, 2.05) is 6.92 Å². The number of hydrogen-bond acceptors (Lipinski definition) is 6. The minimum atomic E-state index is 0.0945. The van der Waals surface area contributed by atoms with Crippen molar-refractivity contribution >= 4 is 11.9 Å². The van der Waals surface area contributed by atoms with E-state index in [1.54, 1.807) is 0 Å². The number of nitrogens with two attached hydrogens (primary N) is 1. The first-order valence-corrected chi connectivity index (χ1v) is 5.54. The first kappa shape index (κ1) is 10.9. The summed E-state index contributed by atoms with van der Waals surface area (Å²) in [7, 11) is 0. The van der Waals surface area contributed by atoms with Crippen molar-refractivity contribution in [3.05, 3.63) is 0 Å². The number of nitrogens with zero attached hydrogens (tertiary/aromatic N) is 3. The molecule has 88 valence electrons. The topological polar surface area (TPSA) is 86.0 Å². The van der Waals surface area contributed by atoms with Crippen LogP contribution in [0.15, 0.2) is 0 Å². The zero-order valence-electron chi connectivity index (χ0n) is 9.66. The van der Waals surface area contributed by atoms with Gasteiger partial charge in [0.25, 0.3) is 0 Å². The Bertz CT molecular complexity index is 377. The molecule has 0 amide bonds. The molecule has 3 N–H and O–H groups in total. The Morgan fingerprint density at radius 2 is 2.12 bits per heavy atom. The lowest BCUT2D eigenvalue weighted by molar-refractivity contribution is 0.299. The van der Waals surface area contributed by atoms with E-state index in [9.17, 15) is 0 Å². The molecule has 0 aliphatic heterocycles. The average molecular weight is 223 g/mol. The Kier molecular flexibility index (Phi) is 2.80. The van der Waals surface area contributed by atoms with Crippen molar-refractivity contribution in [2.75, 3.05) is 17.7 Å². The van der Waals surface area contributed by atoms with Crippen LogP contribution in [0, 0.1) is 0 Å². The van der Waals surface area contributed by atoms with Crippen LogP contribution in [0.5, 0.6) is 6.01 Å². The second kappa shape index (κ2) is 4.11. The first-order valence-electron chi connectivity index (χ1n) is 5.54. The van der Waals surface area contributed by atoms with Gasteiger partial charge < -0.3 is 15.8 Å². The molecule has 1 saturated carbocycles. The maximum atomic E-state index is 5.59. The van der Waals surface area contributed by atoms with Gasteiger partial charge in [-0.15, -0.1) is 0 Å². The predicted octanol–water partition coefficient (Wildman–Crippen LogP) is 1.21. The normalized spacial score (nSPS) is 17.6.